The quantitative estimate of drug-likeness (QED) is 0.704. The number of imidazole rings is 1. The molecule has 0 spiro atoms. The Hall–Kier alpha value is -2.62. The third-order valence-electron chi connectivity index (χ3n) is 4.82. The summed E-state index contributed by atoms with van der Waals surface area (Å²) in [6.45, 7) is 8.46. The number of nitrogens with zero attached hydrogens (tertiary/aromatic N) is 4. The zero-order chi connectivity index (χ0) is 17.0. The lowest BCUT2D eigenvalue weighted by Crippen LogP contribution is -2.02. The van der Waals surface area contributed by atoms with Crippen molar-refractivity contribution in [1.29, 1.82) is 0 Å². The van der Waals surface area contributed by atoms with Crippen LogP contribution in [0.4, 0.5) is 0 Å². The van der Waals surface area contributed by atoms with Crippen LogP contribution in [-0.2, 0) is 7.05 Å². The molecule has 4 rings (SSSR count). The summed E-state index contributed by atoms with van der Waals surface area (Å²) >= 11 is 0. The van der Waals surface area contributed by atoms with Crippen molar-refractivity contribution in [2.45, 2.75) is 33.6 Å². The molecule has 0 radical (unpaired) electrons. The highest BCUT2D eigenvalue weighted by Crippen LogP contribution is 2.34. The lowest BCUT2D eigenvalue weighted by molar-refractivity contribution is 0.805. The van der Waals surface area contributed by atoms with Gasteiger partial charge in [-0.2, -0.15) is 4.52 Å². The zero-order valence-corrected chi connectivity index (χ0v) is 14.8. The van der Waals surface area contributed by atoms with Gasteiger partial charge in [0.05, 0.1) is 11.6 Å². The van der Waals surface area contributed by atoms with Crippen LogP contribution in [-0.4, -0.2) is 19.2 Å². The van der Waals surface area contributed by atoms with Crippen molar-refractivity contribution >= 4 is 5.65 Å². The van der Waals surface area contributed by atoms with E-state index in [4.69, 9.17) is 10.1 Å². The van der Waals surface area contributed by atoms with Gasteiger partial charge in [-0.05, 0) is 27.7 Å². The molecule has 2 heterocycles. The van der Waals surface area contributed by atoms with E-state index in [1.165, 1.54) is 16.7 Å². The molecule has 122 valence electrons. The fourth-order valence-corrected chi connectivity index (χ4v) is 3.60. The number of allylic oxidation sites excluding steroid dienone is 4. The molecular weight excluding hydrogens is 296 g/mol. The third kappa shape index (κ3) is 2.13. The van der Waals surface area contributed by atoms with Gasteiger partial charge in [-0.3, -0.25) is 0 Å². The number of rotatable bonds is 2. The van der Waals surface area contributed by atoms with Gasteiger partial charge in [-0.15, -0.1) is 5.10 Å². The Morgan fingerprint density at radius 2 is 1.71 bits per heavy atom. The van der Waals surface area contributed by atoms with Crippen LogP contribution in [0.15, 0.2) is 47.6 Å². The topological polar surface area (TPSA) is 35.1 Å². The minimum absolute atomic E-state index is 0.215. The van der Waals surface area contributed by atoms with E-state index in [1.807, 2.05) is 4.52 Å². The van der Waals surface area contributed by atoms with Gasteiger partial charge in [0.2, 0.25) is 0 Å². The minimum Gasteiger partial charge on any atom is -0.311 e. The number of aromatic nitrogens is 4. The first-order valence-electron chi connectivity index (χ1n) is 8.31. The number of fused-ring (bicyclic) bond motifs is 1. The maximum atomic E-state index is 4.90. The van der Waals surface area contributed by atoms with E-state index in [9.17, 15) is 0 Å². The van der Waals surface area contributed by atoms with E-state index in [1.54, 1.807) is 0 Å². The van der Waals surface area contributed by atoms with Crippen molar-refractivity contribution in [3.05, 3.63) is 64.6 Å². The smallest absolute Gasteiger partial charge is 0.162 e. The van der Waals surface area contributed by atoms with Crippen molar-refractivity contribution in [3.63, 3.8) is 0 Å². The summed E-state index contributed by atoms with van der Waals surface area (Å²) < 4.78 is 4.16. The maximum Gasteiger partial charge on any atom is 0.162 e. The van der Waals surface area contributed by atoms with Gasteiger partial charge in [0.15, 0.2) is 11.5 Å². The van der Waals surface area contributed by atoms with Crippen molar-refractivity contribution in [3.8, 4) is 11.4 Å². The van der Waals surface area contributed by atoms with Crippen LogP contribution in [0.2, 0.25) is 0 Å². The van der Waals surface area contributed by atoms with Crippen LogP contribution in [0.3, 0.4) is 0 Å². The van der Waals surface area contributed by atoms with Crippen molar-refractivity contribution in [2.75, 3.05) is 0 Å². The fourth-order valence-electron chi connectivity index (χ4n) is 3.60. The van der Waals surface area contributed by atoms with Crippen molar-refractivity contribution in [1.82, 2.24) is 19.2 Å². The molecular formula is C20H22N4. The Morgan fingerprint density at radius 1 is 1.00 bits per heavy atom. The summed E-state index contributed by atoms with van der Waals surface area (Å²) in [4.78, 5) is 4.82. The summed E-state index contributed by atoms with van der Waals surface area (Å²) in [5, 5.41) is 4.90. The summed E-state index contributed by atoms with van der Waals surface area (Å²) in [6, 6.07) is 8.51. The van der Waals surface area contributed by atoms with Crippen LogP contribution in [0.5, 0.6) is 0 Å². The molecule has 4 heteroatoms. The monoisotopic (exact) mass is 318 g/mol. The lowest BCUT2D eigenvalue weighted by Gasteiger charge is -2.06. The van der Waals surface area contributed by atoms with E-state index >= 15 is 0 Å². The summed E-state index contributed by atoms with van der Waals surface area (Å²) in [5.74, 6) is 2.19. The van der Waals surface area contributed by atoms with Gasteiger partial charge < -0.3 is 4.57 Å². The molecule has 0 N–H and O–H groups in total. The molecule has 0 saturated heterocycles. The van der Waals surface area contributed by atoms with E-state index in [-0.39, 0.29) is 5.92 Å². The Labute approximate surface area is 142 Å². The Morgan fingerprint density at radius 3 is 2.33 bits per heavy atom. The lowest BCUT2D eigenvalue weighted by atomic mass is 10.0. The van der Waals surface area contributed by atoms with Gasteiger partial charge in [-0.1, -0.05) is 53.1 Å². The first-order valence-corrected chi connectivity index (χ1v) is 8.31. The van der Waals surface area contributed by atoms with Gasteiger partial charge in [0.1, 0.15) is 5.82 Å². The van der Waals surface area contributed by atoms with E-state index in [0.717, 1.165) is 28.6 Å². The third-order valence-corrected chi connectivity index (χ3v) is 4.82. The van der Waals surface area contributed by atoms with E-state index in [2.05, 4.69) is 75.7 Å². The second kappa shape index (κ2) is 5.20. The normalized spacial score (nSPS) is 17.5. The van der Waals surface area contributed by atoms with Crippen LogP contribution in [0.1, 0.15) is 36.8 Å². The van der Waals surface area contributed by atoms with Crippen molar-refractivity contribution < 1.29 is 0 Å². The van der Waals surface area contributed by atoms with E-state index < -0.39 is 0 Å². The SMILES string of the molecule is CC1=CC(c2nc(C)c3n(C)c(-c4ccc(C)cc4)nn23)C(C)=C1. The second-order valence-corrected chi connectivity index (χ2v) is 6.82. The first-order chi connectivity index (χ1) is 11.5. The highest BCUT2D eigenvalue weighted by molar-refractivity contribution is 5.62. The van der Waals surface area contributed by atoms with Gasteiger partial charge in [0, 0.05) is 12.6 Å². The second-order valence-electron chi connectivity index (χ2n) is 6.82. The van der Waals surface area contributed by atoms with Gasteiger partial charge in [0.25, 0.3) is 0 Å². The predicted molar refractivity (Wildman–Crippen MR) is 97.1 cm³/mol. The summed E-state index contributed by atoms with van der Waals surface area (Å²) in [7, 11) is 2.06. The molecule has 0 fully saturated rings. The number of hydrogen-bond donors (Lipinski definition) is 0. The number of aryl methyl sites for hydroxylation is 3. The minimum atomic E-state index is 0.215. The Kier molecular flexibility index (Phi) is 3.23. The first kappa shape index (κ1) is 14.9. The molecule has 0 bridgehead atoms. The Balaban J connectivity index is 1.92. The highest BCUT2D eigenvalue weighted by atomic mass is 15.4. The summed E-state index contributed by atoms with van der Waals surface area (Å²) in [6.07, 6.45) is 4.49. The molecule has 1 aliphatic carbocycles. The van der Waals surface area contributed by atoms with Gasteiger partial charge in [-0.25, -0.2) is 4.98 Å². The molecule has 0 amide bonds. The molecule has 4 nitrogen and oxygen atoms in total. The highest BCUT2D eigenvalue weighted by Gasteiger charge is 2.25. The van der Waals surface area contributed by atoms with Crippen LogP contribution in [0.25, 0.3) is 17.0 Å². The van der Waals surface area contributed by atoms with Crippen molar-refractivity contribution in [2.24, 2.45) is 7.05 Å². The van der Waals surface area contributed by atoms with Crippen LogP contribution >= 0.6 is 0 Å². The average Bonchev–Trinajstić information content (AvgIpc) is 3.15. The maximum absolute atomic E-state index is 4.90. The molecule has 0 aliphatic heterocycles. The Bertz CT molecular complexity index is 997. The predicted octanol–water partition coefficient (Wildman–Crippen LogP) is 4.34. The average molecular weight is 318 g/mol. The van der Waals surface area contributed by atoms with E-state index in [0.29, 0.717) is 0 Å². The summed E-state index contributed by atoms with van der Waals surface area (Å²) in [5.41, 5.74) is 7.08. The van der Waals surface area contributed by atoms with Crippen LogP contribution in [0, 0.1) is 13.8 Å². The largest absolute Gasteiger partial charge is 0.311 e. The number of benzene rings is 1. The van der Waals surface area contributed by atoms with Crippen LogP contribution < -0.4 is 0 Å². The molecule has 1 aromatic carbocycles. The molecule has 3 aromatic rings. The molecule has 0 saturated carbocycles. The fraction of sp³-hybridized carbons (Fsp3) is 0.300. The molecule has 1 aliphatic rings. The standard InChI is InChI=1S/C20H22N4/c1-12-6-8-16(9-7-12)18-22-24-19(17-11-13(2)10-14(17)3)21-15(4)20(24)23(18)5/h6-11,17H,1-5H3. The zero-order valence-electron chi connectivity index (χ0n) is 14.8. The molecule has 24 heavy (non-hydrogen) atoms. The van der Waals surface area contributed by atoms with Gasteiger partial charge >= 0.3 is 0 Å². The molecule has 1 atom stereocenters. The molecule has 2 aromatic heterocycles. The number of hydrogen-bond acceptors (Lipinski definition) is 2. The molecule has 1 unspecified atom stereocenters.